The lowest BCUT2D eigenvalue weighted by Gasteiger charge is -2.19. The zero-order valence-corrected chi connectivity index (χ0v) is 10.5. The number of halogens is 3. The highest BCUT2D eigenvalue weighted by atomic mass is 32.2. The second-order valence-corrected chi connectivity index (χ2v) is 6.50. The minimum atomic E-state index is -4.46. The van der Waals surface area contributed by atoms with Crippen LogP contribution in [0.3, 0.4) is 0 Å². The summed E-state index contributed by atoms with van der Waals surface area (Å²) < 4.78 is 52.0. The summed E-state index contributed by atoms with van der Waals surface area (Å²) in [5.74, 6) is 0.261. The lowest BCUT2D eigenvalue weighted by atomic mass is 10.2. The third kappa shape index (κ3) is 1.67. The van der Waals surface area contributed by atoms with Crippen LogP contribution in [0.5, 0.6) is 0 Å². The van der Waals surface area contributed by atoms with Crippen molar-refractivity contribution in [2.24, 2.45) is 0 Å². The van der Waals surface area contributed by atoms with Gasteiger partial charge in [-0.3, -0.25) is 5.41 Å². The van der Waals surface area contributed by atoms with Crippen LogP contribution in [0.2, 0.25) is 0 Å². The molecule has 0 unspecified atom stereocenters. The molecule has 3 nitrogen and oxygen atoms in total. The highest BCUT2D eigenvalue weighted by molar-refractivity contribution is 7.91. The maximum atomic E-state index is 12.7. The lowest BCUT2D eigenvalue weighted by molar-refractivity contribution is -0.137. The average molecular weight is 292 g/mol. The fourth-order valence-corrected chi connectivity index (χ4v) is 4.35. The smallest absolute Gasteiger partial charge is 0.416 e. The molecule has 18 heavy (non-hydrogen) atoms. The zero-order chi connectivity index (χ0) is 13.1. The van der Waals surface area contributed by atoms with Gasteiger partial charge >= 0.3 is 6.18 Å². The first-order chi connectivity index (χ1) is 8.38. The van der Waals surface area contributed by atoms with Gasteiger partial charge in [-0.05, 0) is 17.2 Å². The molecule has 96 valence electrons. The standard InChI is InChI=1S/C10H7F3N2OS2/c11-10(12,13)5-3-6-8-7(4-5)18(16)2-1-15(8)9(14)17-6/h3-4,14H,1-2H2/t18-/m1/s1. The van der Waals surface area contributed by atoms with Crippen LogP contribution in [0.4, 0.5) is 13.2 Å². The first-order valence-electron chi connectivity index (χ1n) is 5.05. The maximum absolute atomic E-state index is 12.7. The van der Waals surface area contributed by atoms with Crippen LogP contribution in [0, 0.1) is 5.41 Å². The average Bonchev–Trinajstić information content (AvgIpc) is 2.59. The summed E-state index contributed by atoms with van der Waals surface area (Å²) in [4.78, 5) is 0.392. The van der Waals surface area contributed by atoms with Crippen LogP contribution in [-0.2, 0) is 23.9 Å². The second kappa shape index (κ2) is 3.75. The fraction of sp³-hybridized carbons (Fsp3) is 0.300. The molecule has 0 aliphatic carbocycles. The normalized spacial score (nSPS) is 19.4. The van der Waals surface area contributed by atoms with E-state index in [1.165, 1.54) is 0 Å². The molecule has 0 amide bonds. The highest BCUT2D eigenvalue weighted by Gasteiger charge is 2.35. The van der Waals surface area contributed by atoms with Crippen molar-refractivity contribution in [1.29, 1.82) is 5.41 Å². The zero-order valence-electron chi connectivity index (χ0n) is 8.87. The van der Waals surface area contributed by atoms with E-state index < -0.39 is 22.9 Å². The van der Waals surface area contributed by atoms with Gasteiger partial charge in [0, 0.05) is 6.07 Å². The lowest BCUT2D eigenvalue weighted by Crippen LogP contribution is -2.25. The SMILES string of the molecule is N=c1sc2cc(C(F)(F)F)cc3c2n1CC[S@@+]3[O-]. The molecule has 1 aliphatic heterocycles. The Balaban J connectivity index is 2.40. The van der Waals surface area contributed by atoms with Gasteiger partial charge in [-0.25, -0.2) is 0 Å². The third-order valence-electron chi connectivity index (χ3n) is 2.83. The summed E-state index contributed by atoms with van der Waals surface area (Å²) in [7, 11) is 0. The molecule has 1 aromatic heterocycles. The molecule has 0 saturated carbocycles. The minimum Gasteiger partial charge on any atom is -0.611 e. The first-order valence-corrected chi connectivity index (χ1v) is 7.19. The Morgan fingerprint density at radius 3 is 2.78 bits per heavy atom. The van der Waals surface area contributed by atoms with Crippen molar-refractivity contribution in [3.8, 4) is 0 Å². The predicted octanol–water partition coefficient (Wildman–Crippen LogP) is 2.32. The van der Waals surface area contributed by atoms with Crippen LogP contribution in [0.25, 0.3) is 10.2 Å². The molecular formula is C10H7F3N2OS2. The van der Waals surface area contributed by atoms with E-state index in [2.05, 4.69) is 0 Å². The number of hydrogen-bond donors (Lipinski definition) is 1. The molecule has 0 radical (unpaired) electrons. The van der Waals surface area contributed by atoms with Crippen LogP contribution in [-0.4, -0.2) is 14.9 Å². The van der Waals surface area contributed by atoms with Crippen LogP contribution >= 0.6 is 11.3 Å². The third-order valence-corrected chi connectivity index (χ3v) is 5.13. The number of alkyl halides is 3. The van der Waals surface area contributed by atoms with E-state index in [4.69, 9.17) is 5.41 Å². The number of rotatable bonds is 0. The predicted molar refractivity (Wildman–Crippen MR) is 61.9 cm³/mol. The Morgan fingerprint density at radius 1 is 1.39 bits per heavy atom. The quantitative estimate of drug-likeness (QED) is 0.744. The Bertz CT molecular complexity index is 689. The molecule has 3 rings (SSSR count). The number of hydrogen-bond acceptors (Lipinski definition) is 3. The van der Waals surface area contributed by atoms with Crippen LogP contribution in [0.1, 0.15) is 5.56 Å². The van der Waals surface area contributed by atoms with Crippen molar-refractivity contribution in [2.75, 3.05) is 5.75 Å². The first kappa shape index (κ1) is 12.1. The molecule has 2 aromatic rings. The number of thiazole rings is 1. The van der Waals surface area contributed by atoms with E-state index in [-0.39, 0.29) is 15.4 Å². The molecule has 1 atom stereocenters. The number of nitrogens with one attached hydrogen (secondary N) is 1. The highest BCUT2D eigenvalue weighted by Crippen LogP contribution is 2.37. The summed E-state index contributed by atoms with van der Waals surface area (Å²) in [5, 5.41) is 7.72. The van der Waals surface area contributed by atoms with E-state index in [1.807, 2.05) is 0 Å². The molecule has 0 bridgehead atoms. The van der Waals surface area contributed by atoms with Gasteiger partial charge in [-0.15, -0.1) is 0 Å². The van der Waals surface area contributed by atoms with E-state index in [9.17, 15) is 17.7 Å². The topological polar surface area (TPSA) is 51.8 Å². The van der Waals surface area contributed by atoms with Crippen molar-refractivity contribution in [2.45, 2.75) is 17.6 Å². The van der Waals surface area contributed by atoms with Crippen LogP contribution in [0.15, 0.2) is 17.0 Å². The van der Waals surface area contributed by atoms with Gasteiger partial charge in [-0.1, -0.05) is 11.3 Å². The van der Waals surface area contributed by atoms with E-state index in [0.29, 0.717) is 16.8 Å². The number of benzene rings is 1. The van der Waals surface area contributed by atoms with Crippen molar-refractivity contribution in [3.63, 3.8) is 0 Å². The van der Waals surface area contributed by atoms with Crippen molar-refractivity contribution < 1.29 is 17.7 Å². The Labute approximate surface area is 107 Å². The summed E-state index contributed by atoms with van der Waals surface area (Å²) >= 11 is -0.433. The number of aromatic nitrogens is 1. The van der Waals surface area contributed by atoms with Gasteiger partial charge in [-0.2, -0.15) is 13.2 Å². The van der Waals surface area contributed by atoms with Crippen molar-refractivity contribution >= 4 is 32.7 Å². The molecule has 2 heterocycles. The van der Waals surface area contributed by atoms with Gasteiger partial charge < -0.3 is 9.12 Å². The Morgan fingerprint density at radius 2 is 2.11 bits per heavy atom. The molecule has 0 fully saturated rings. The van der Waals surface area contributed by atoms with Gasteiger partial charge in [0.1, 0.15) is 11.3 Å². The number of nitrogens with zero attached hydrogens (tertiary/aromatic N) is 1. The Kier molecular flexibility index (Phi) is 2.51. The molecule has 0 spiro atoms. The second-order valence-electron chi connectivity index (χ2n) is 3.93. The molecule has 0 saturated heterocycles. The summed E-state index contributed by atoms with van der Waals surface area (Å²) in [6.07, 6.45) is -4.46. The van der Waals surface area contributed by atoms with E-state index >= 15 is 0 Å². The molecule has 8 heteroatoms. The molecule has 1 aromatic carbocycles. The Hall–Kier alpha value is -0.990. The fourth-order valence-electron chi connectivity index (χ4n) is 2.02. The van der Waals surface area contributed by atoms with Crippen LogP contribution < -0.4 is 4.80 Å². The molecule has 1 N–H and O–H groups in total. The monoisotopic (exact) mass is 292 g/mol. The van der Waals surface area contributed by atoms with Gasteiger partial charge in [0.15, 0.2) is 9.70 Å². The van der Waals surface area contributed by atoms with E-state index in [1.54, 1.807) is 4.57 Å². The summed E-state index contributed by atoms with van der Waals surface area (Å²) in [5.41, 5.74) is -0.281. The van der Waals surface area contributed by atoms with Gasteiger partial charge in [0.25, 0.3) is 0 Å². The number of aryl methyl sites for hydroxylation is 1. The van der Waals surface area contributed by atoms with Crippen molar-refractivity contribution in [1.82, 2.24) is 4.57 Å². The van der Waals surface area contributed by atoms with Gasteiger partial charge in [0.05, 0.1) is 16.8 Å². The minimum absolute atomic E-state index is 0.195. The largest absolute Gasteiger partial charge is 0.611 e. The molecular weight excluding hydrogens is 285 g/mol. The van der Waals surface area contributed by atoms with E-state index in [0.717, 1.165) is 23.5 Å². The van der Waals surface area contributed by atoms with Crippen molar-refractivity contribution in [3.05, 3.63) is 22.5 Å². The van der Waals surface area contributed by atoms with Gasteiger partial charge in [0.2, 0.25) is 0 Å². The maximum Gasteiger partial charge on any atom is 0.416 e. The molecule has 1 aliphatic rings. The summed E-state index contributed by atoms with van der Waals surface area (Å²) in [6, 6.07) is 1.97. The summed E-state index contributed by atoms with van der Waals surface area (Å²) in [6.45, 7) is 0.420.